The third-order valence-corrected chi connectivity index (χ3v) is 3.55. The number of hydrogen-bond donors (Lipinski definition) is 2. The molecular weight excluding hydrogens is 292 g/mol. The molecule has 0 aliphatic rings. The zero-order valence-electron chi connectivity index (χ0n) is 12.0. The highest BCUT2D eigenvalue weighted by Gasteiger charge is 2.08. The Morgan fingerprint density at radius 2 is 1.78 bits per heavy atom. The molecule has 112 valence electrons. The molecule has 6 heteroatoms. The number of hydrogen-bond acceptors (Lipinski definition) is 4. The number of rotatable bonds is 1. The lowest BCUT2D eigenvalue weighted by molar-refractivity contribution is 0.461. The number of H-pyrrole nitrogens is 1. The van der Waals surface area contributed by atoms with Gasteiger partial charge >= 0.3 is 5.69 Å². The number of nitrogens with one attached hydrogen (secondary N) is 1. The van der Waals surface area contributed by atoms with Crippen molar-refractivity contribution in [3.05, 3.63) is 76.8 Å². The van der Waals surface area contributed by atoms with Crippen molar-refractivity contribution < 1.29 is 5.11 Å². The molecule has 0 saturated heterocycles. The van der Waals surface area contributed by atoms with Crippen molar-refractivity contribution in [3.63, 3.8) is 0 Å². The Labute approximate surface area is 130 Å². The van der Waals surface area contributed by atoms with Crippen LogP contribution in [0.3, 0.4) is 0 Å². The average Bonchev–Trinajstić information content (AvgIpc) is 2.74. The van der Waals surface area contributed by atoms with Crippen LogP contribution in [0.1, 0.15) is 0 Å². The average molecular weight is 304 g/mol. The third-order valence-electron chi connectivity index (χ3n) is 3.55. The molecule has 0 spiro atoms. The summed E-state index contributed by atoms with van der Waals surface area (Å²) in [5.74, 6) is -0.206. The Morgan fingerprint density at radius 3 is 2.61 bits per heavy atom. The number of imidazole rings is 1. The van der Waals surface area contributed by atoms with Crippen LogP contribution < -0.4 is 11.3 Å². The molecule has 0 radical (unpaired) electrons. The van der Waals surface area contributed by atoms with Gasteiger partial charge in [-0.15, -0.1) is 0 Å². The van der Waals surface area contributed by atoms with Crippen LogP contribution in [0.25, 0.3) is 16.4 Å². The van der Waals surface area contributed by atoms with Crippen molar-refractivity contribution in [1.82, 2.24) is 14.4 Å². The van der Waals surface area contributed by atoms with Gasteiger partial charge in [-0.25, -0.2) is 19.2 Å². The number of nitrogens with zero attached hydrogens (tertiary/aromatic N) is 3. The lowest BCUT2D eigenvalue weighted by Gasteiger charge is -1.91. The van der Waals surface area contributed by atoms with E-state index in [2.05, 4.69) is 15.0 Å². The summed E-state index contributed by atoms with van der Waals surface area (Å²) in [6.07, 6.45) is 0. The van der Waals surface area contributed by atoms with E-state index < -0.39 is 5.69 Å². The Hall–Kier alpha value is -3.41. The molecule has 2 N–H and O–H groups in total. The van der Waals surface area contributed by atoms with Crippen LogP contribution >= 0.6 is 0 Å². The fourth-order valence-corrected chi connectivity index (χ4v) is 2.48. The number of aromatic amines is 1. The van der Waals surface area contributed by atoms with E-state index in [1.807, 2.05) is 54.6 Å². The Balaban J connectivity index is 2.24. The van der Waals surface area contributed by atoms with Crippen LogP contribution in [0.2, 0.25) is 0 Å². The van der Waals surface area contributed by atoms with E-state index in [4.69, 9.17) is 0 Å². The standard InChI is InChI=1S/C17H12N4O2/c22-15-14-10-11-6-4-5-9-13(11)19-16(21(14)17(23)20-15)18-12-7-2-1-3-8-12/h1-10,22H,(H,20,23). The number of fused-ring (bicyclic) bond motifs is 2. The molecule has 0 fully saturated rings. The van der Waals surface area contributed by atoms with Crippen LogP contribution in [-0.2, 0) is 0 Å². The highest BCUT2D eigenvalue weighted by Crippen LogP contribution is 2.16. The largest absolute Gasteiger partial charge is 0.493 e. The SMILES string of the molecule is O=c1[nH]c(O)c2cc3ccccc3nc(=Nc3ccccc3)n12. The van der Waals surface area contributed by atoms with Gasteiger partial charge in [-0.3, -0.25) is 4.98 Å². The van der Waals surface area contributed by atoms with Gasteiger partial charge in [0.05, 0.1) is 11.2 Å². The molecule has 0 atom stereocenters. The molecule has 2 aromatic heterocycles. The summed E-state index contributed by atoms with van der Waals surface area (Å²) in [4.78, 5) is 23.5. The van der Waals surface area contributed by atoms with Crippen LogP contribution in [0, 0.1) is 0 Å². The van der Waals surface area contributed by atoms with Gasteiger partial charge in [0.15, 0.2) is 0 Å². The number of aromatic hydroxyl groups is 1. The number of aromatic nitrogens is 3. The normalized spacial score (nSPS) is 12.1. The van der Waals surface area contributed by atoms with Crippen molar-refractivity contribution in [2.45, 2.75) is 0 Å². The van der Waals surface area contributed by atoms with Crippen LogP contribution in [0.5, 0.6) is 5.88 Å². The Morgan fingerprint density at radius 1 is 1.04 bits per heavy atom. The predicted octanol–water partition coefficient (Wildman–Crippen LogP) is 2.11. The van der Waals surface area contributed by atoms with Crippen LogP contribution in [0.15, 0.2) is 70.5 Å². The molecule has 0 saturated carbocycles. The predicted molar refractivity (Wildman–Crippen MR) is 86.6 cm³/mol. The summed E-state index contributed by atoms with van der Waals surface area (Å²) in [6.45, 7) is 0. The number of benzene rings is 2. The molecule has 0 unspecified atom stereocenters. The number of para-hydroxylation sites is 2. The first-order valence-corrected chi connectivity index (χ1v) is 7.06. The van der Waals surface area contributed by atoms with Gasteiger partial charge < -0.3 is 5.11 Å². The van der Waals surface area contributed by atoms with E-state index in [0.717, 1.165) is 5.39 Å². The summed E-state index contributed by atoms with van der Waals surface area (Å²) in [5.41, 5.74) is 1.40. The minimum absolute atomic E-state index is 0.203. The molecule has 0 aliphatic carbocycles. The molecule has 2 heterocycles. The Bertz CT molecular complexity index is 1140. The first-order valence-electron chi connectivity index (χ1n) is 7.06. The lowest BCUT2D eigenvalue weighted by Crippen LogP contribution is -2.25. The maximum atomic E-state index is 12.2. The van der Waals surface area contributed by atoms with E-state index in [1.54, 1.807) is 6.07 Å². The lowest BCUT2D eigenvalue weighted by atomic mass is 10.2. The molecule has 4 rings (SSSR count). The first kappa shape index (κ1) is 13.3. The summed E-state index contributed by atoms with van der Waals surface area (Å²) >= 11 is 0. The minimum Gasteiger partial charge on any atom is -0.493 e. The second-order valence-corrected chi connectivity index (χ2v) is 5.06. The van der Waals surface area contributed by atoms with Gasteiger partial charge in [-0.1, -0.05) is 36.4 Å². The highest BCUT2D eigenvalue weighted by atomic mass is 16.3. The van der Waals surface area contributed by atoms with E-state index >= 15 is 0 Å². The summed E-state index contributed by atoms with van der Waals surface area (Å²) in [7, 11) is 0. The summed E-state index contributed by atoms with van der Waals surface area (Å²) in [6, 6.07) is 18.4. The highest BCUT2D eigenvalue weighted by molar-refractivity contribution is 5.82. The van der Waals surface area contributed by atoms with Gasteiger partial charge in [0.2, 0.25) is 11.5 Å². The van der Waals surface area contributed by atoms with Crippen LogP contribution in [0.4, 0.5) is 5.69 Å². The first-order chi connectivity index (χ1) is 11.2. The van der Waals surface area contributed by atoms with Gasteiger partial charge in [0.25, 0.3) is 0 Å². The maximum Gasteiger partial charge on any atom is 0.335 e. The van der Waals surface area contributed by atoms with Crippen molar-refractivity contribution >= 4 is 22.1 Å². The van der Waals surface area contributed by atoms with Crippen LogP contribution in [-0.4, -0.2) is 19.5 Å². The second kappa shape index (κ2) is 5.10. The molecule has 4 aromatic rings. The topological polar surface area (TPSA) is 82.8 Å². The van der Waals surface area contributed by atoms with Crippen molar-refractivity contribution in [1.29, 1.82) is 0 Å². The van der Waals surface area contributed by atoms with E-state index in [-0.39, 0.29) is 11.5 Å². The quantitative estimate of drug-likeness (QED) is 0.565. The van der Waals surface area contributed by atoms with Gasteiger partial charge in [-0.05, 0) is 24.3 Å². The van der Waals surface area contributed by atoms with Crippen molar-refractivity contribution in [2.75, 3.05) is 0 Å². The third kappa shape index (κ3) is 2.26. The fraction of sp³-hybridized carbons (Fsp3) is 0. The van der Waals surface area contributed by atoms with Crippen molar-refractivity contribution in [3.8, 4) is 5.88 Å². The molecular formula is C17H12N4O2. The maximum absolute atomic E-state index is 12.2. The monoisotopic (exact) mass is 304 g/mol. The zero-order valence-corrected chi connectivity index (χ0v) is 12.0. The summed E-state index contributed by atoms with van der Waals surface area (Å²) < 4.78 is 1.27. The van der Waals surface area contributed by atoms with E-state index in [0.29, 0.717) is 16.7 Å². The van der Waals surface area contributed by atoms with Gasteiger partial charge in [0, 0.05) is 5.39 Å². The molecule has 6 nitrogen and oxygen atoms in total. The summed E-state index contributed by atoms with van der Waals surface area (Å²) in [5, 5.41) is 10.8. The molecule has 0 bridgehead atoms. The fourth-order valence-electron chi connectivity index (χ4n) is 2.48. The Kier molecular flexibility index (Phi) is 2.94. The minimum atomic E-state index is -0.486. The second-order valence-electron chi connectivity index (χ2n) is 5.06. The molecule has 0 amide bonds. The van der Waals surface area contributed by atoms with Crippen molar-refractivity contribution in [2.24, 2.45) is 4.99 Å². The molecule has 23 heavy (non-hydrogen) atoms. The van der Waals surface area contributed by atoms with Gasteiger partial charge in [0.1, 0.15) is 5.52 Å². The zero-order chi connectivity index (χ0) is 15.8. The smallest absolute Gasteiger partial charge is 0.335 e. The molecule has 2 aromatic carbocycles. The molecule has 0 aliphatic heterocycles. The van der Waals surface area contributed by atoms with E-state index in [9.17, 15) is 9.90 Å². The van der Waals surface area contributed by atoms with Gasteiger partial charge in [-0.2, -0.15) is 0 Å². The van der Waals surface area contributed by atoms with E-state index in [1.165, 1.54) is 4.40 Å².